The molecule has 1 unspecified atom stereocenters. The minimum absolute atomic E-state index is 0.582. The van der Waals surface area contributed by atoms with E-state index in [1.165, 1.54) is 6.42 Å². The third kappa shape index (κ3) is 3.21. The summed E-state index contributed by atoms with van der Waals surface area (Å²) in [4.78, 5) is 0. The SMILES string of the molecule is CCNC[C@H](CC)[C@H](C)C1NC=CS1. The lowest BCUT2D eigenvalue weighted by molar-refractivity contribution is 0.315. The van der Waals surface area contributed by atoms with Crippen molar-refractivity contribution < 1.29 is 0 Å². The Hall–Kier alpha value is -0.150. The van der Waals surface area contributed by atoms with Gasteiger partial charge in [-0.3, -0.25) is 0 Å². The van der Waals surface area contributed by atoms with Crippen LogP contribution in [0.2, 0.25) is 0 Å². The van der Waals surface area contributed by atoms with Crippen LogP contribution in [0.4, 0.5) is 0 Å². The summed E-state index contributed by atoms with van der Waals surface area (Å²) in [6.45, 7) is 9.02. The maximum absolute atomic E-state index is 3.45. The van der Waals surface area contributed by atoms with E-state index >= 15 is 0 Å². The van der Waals surface area contributed by atoms with Crippen molar-refractivity contribution in [3.63, 3.8) is 0 Å². The molecule has 1 aliphatic heterocycles. The first-order valence-electron chi connectivity index (χ1n) is 5.56. The molecule has 82 valence electrons. The third-order valence-corrected chi connectivity index (χ3v) is 4.11. The van der Waals surface area contributed by atoms with E-state index in [-0.39, 0.29) is 0 Å². The van der Waals surface area contributed by atoms with Gasteiger partial charge in [0.2, 0.25) is 0 Å². The quantitative estimate of drug-likeness (QED) is 0.710. The fourth-order valence-corrected chi connectivity index (χ4v) is 2.81. The first kappa shape index (κ1) is 11.9. The molecule has 3 heteroatoms. The Kier molecular flexibility index (Phi) is 5.41. The van der Waals surface area contributed by atoms with E-state index in [0.29, 0.717) is 5.37 Å². The zero-order chi connectivity index (χ0) is 10.4. The van der Waals surface area contributed by atoms with Crippen molar-refractivity contribution >= 4 is 11.8 Å². The number of thioether (sulfide) groups is 1. The summed E-state index contributed by atoms with van der Waals surface area (Å²) in [6, 6.07) is 0. The minimum atomic E-state index is 0.582. The van der Waals surface area contributed by atoms with Crippen LogP contribution >= 0.6 is 11.8 Å². The number of rotatable bonds is 6. The Labute approximate surface area is 91.9 Å². The highest BCUT2D eigenvalue weighted by atomic mass is 32.2. The maximum Gasteiger partial charge on any atom is 0.0787 e. The molecule has 14 heavy (non-hydrogen) atoms. The Morgan fingerprint density at radius 2 is 2.29 bits per heavy atom. The molecule has 2 N–H and O–H groups in total. The molecular weight excluding hydrogens is 192 g/mol. The molecule has 0 aliphatic carbocycles. The van der Waals surface area contributed by atoms with Crippen LogP contribution in [0.25, 0.3) is 0 Å². The van der Waals surface area contributed by atoms with E-state index in [2.05, 4.69) is 43.0 Å². The van der Waals surface area contributed by atoms with Gasteiger partial charge in [-0.1, -0.05) is 27.2 Å². The molecule has 0 radical (unpaired) electrons. The van der Waals surface area contributed by atoms with Crippen LogP contribution in [-0.4, -0.2) is 18.5 Å². The smallest absolute Gasteiger partial charge is 0.0787 e. The van der Waals surface area contributed by atoms with Crippen LogP contribution in [0.15, 0.2) is 11.6 Å². The van der Waals surface area contributed by atoms with Crippen LogP contribution in [0, 0.1) is 11.8 Å². The summed E-state index contributed by atoms with van der Waals surface area (Å²) in [5.41, 5.74) is 0. The fourth-order valence-electron chi connectivity index (χ4n) is 1.85. The van der Waals surface area contributed by atoms with Crippen molar-refractivity contribution in [3.05, 3.63) is 11.6 Å². The summed E-state index contributed by atoms with van der Waals surface area (Å²) in [5.74, 6) is 1.50. The molecule has 0 amide bonds. The zero-order valence-corrected chi connectivity index (χ0v) is 10.2. The molecule has 0 bridgehead atoms. The minimum Gasteiger partial charge on any atom is -0.378 e. The first-order chi connectivity index (χ1) is 6.79. The van der Waals surface area contributed by atoms with Gasteiger partial charge in [0, 0.05) is 6.20 Å². The molecule has 1 heterocycles. The molecular formula is C11H22N2S. The van der Waals surface area contributed by atoms with Gasteiger partial charge in [0.05, 0.1) is 5.37 Å². The molecule has 0 aromatic rings. The first-order valence-corrected chi connectivity index (χ1v) is 6.51. The fraction of sp³-hybridized carbons (Fsp3) is 0.818. The van der Waals surface area contributed by atoms with Crippen LogP contribution in [-0.2, 0) is 0 Å². The van der Waals surface area contributed by atoms with Crippen molar-refractivity contribution in [2.75, 3.05) is 13.1 Å². The molecule has 1 rings (SSSR count). The standard InChI is InChI=1S/C11H22N2S/c1-4-10(8-12-5-2)9(3)11-13-6-7-14-11/h6-7,9-13H,4-5,8H2,1-3H3/t9-,10-,11?/m0/s1. The average molecular weight is 214 g/mol. The largest absolute Gasteiger partial charge is 0.378 e. The molecule has 2 nitrogen and oxygen atoms in total. The lowest BCUT2D eigenvalue weighted by Gasteiger charge is -2.27. The summed E-state index contributed by atoms with van der Waals surface area (Å²) in [5, 5.41) is 9.58. The van der Waals surface area contributed by atoms with E-state index in [4.69, 9.17) is 0 Å². The third-order valence-electron chi connectivity index (χ3n) is 2.96. The molecule has 1 aliphatic rings. The Morgan fingerprint density at radius 1 is 1.50 bits per heavy atom. The van der Waals surface area contributed by atoms with Crippen molar-refractivity contribution in [2.24, 2.45) is 11.8 Å². The van der Waals surface area contributed by atoms with Crippen LogP contribution < -0.4 is 10.6 Å². The second-order valence-corrected chi connectivity index (χ2v) is 4.91. The topological polar surface area (TPSA) is 24.1 Å². The Bertz CT molecular complexity index is 174. The molecule has 0 saturated heterocycles. The summed E-state index contributed by atoms with van der Waals surface area (Å²) in [7, 11) is 0. The summed E-state index contributed by atoms with van der Waals surface area (Å²) < 4.78 is 0. The molecule has 0 aromatic heterocycles. The molecule has 0 saturated carbocycles. The molecule has 0 fully saturated rings. The second-order valence-electron chi connectivity index (χ2n) is 3.86. The number of nitrogens with one attached hydrogen (secondary N) is 2. The lowest BCUT2D eigenvalue weighted by atomic mass is 9.91. The average Bonchev–Trinajstić information content (AvgIpc) is 2.71. The van der Waals surface area contributed by atoms with Gasteiger partial charge in [-0.25, -0.2) is 0 Å². The van der Waals surface area contributed by atoms with E-state index in [9.17, 15) is 0 Å². The Morgan fingerprint density at radius 3 is 2.79 bits per heavy atom. The molecule has 0 spiro atoms. The monoisotopic (exact) mass is 214 g/mol. The van der Waals surface area contributed by atoms with Crippen molar-refractivity contribution in [1.29, 1.82) is 0 Å². The summed E-state index contributed by atoms with van der Waals surface area (Å²) >= 11 is 1.91. The van der Waals surface area contributed by atoms with Gasteiger partial charge in [0.25, 0.3) is 0 Å². The van der Waals surface area contributed by atoms with Gasteiger partial charge >= 0.3 is 0 Å². The normalized spacial score (nSPS) is 24.6. The molecule has 0 aromatic carbocycles. The van der Waals surface area contributed by atoms with Crippen molar-refractivity contribution in [3.8, 4) is 0 Å². The van der Waals surface area contributed by atoms with Gasteiger partial charge in [0.15, 0.2) is 0 Å². The van der Waals surface area contributed by atoms with Crippen LogP contribution in [0.1, 0.15) is 27.2 Å². The van der Waals surface area contributed by atoms with E-state index in [1.54, 1.807) is 0 Å². The van der Waals surface area contributed by atoms with E-state index in [0.717, 1.165) is 24.9 Å². The number of hydrogen-bond donors (Lipinski definition) is 2. The highest BCUT2D eigenvalue weighted by Gasteiger charge is 2.25. The zero-order valence-electron chi connectivity index (χ0n) is 9.42. The van der Waals surface area contributed by atoms with E-state index in [1.807, 2.05) is 11.8 Å². The predicted molar refractivity (Wildman–Crippen MR) is 65.1 cm³/mol. The van der Waals surface area contributed by atoms with Crippen LogP contribution in [0.3, 0.4) is 0 Å². The molecule has 3 atom stereocenters. The van der Waals surface area contributed by atoms with Gasteiger partial charge in [0.1, 0.15) is 0 Å². The summed E-state index contributed by atoms with van der Waals surface area (Å²) in [6.07, 6.45) is 3.32. The second kappa shape index (κ2) is 6.36. The highest BCUT2D eigenvalue weighted by molar-refractivity contribution is 8.02. The van der Waals surface area contributed by atoms with Gasteiger partial charge in [-0.05, 0) is 30.3 Å². The van der Waals surface area contributed by atoms with Crippen molar-refractivity contribution in [1.82, 2.24) is 10.6 Å². The van der Waals surface area contributed by atoms with Crippen LogP contribution in [0.5, 0.6) is 0 Å². The van der Waals surface area contributed by atoms with E-state index < -0.39 is 0 Å². The Balaban J connectivity index is 2.34. The van der Waals surface area contributed by atoms with Crippen molar-refractivity contribution in [2.45, 2.75) is 32.6 Å². The van der Waals surface area contributed by atoms with Gasteiger partial charge < -0.3 is 10.6 Å². The number of hydrogen-bond acceptors (Lipinski definition) is 3. The van der Waals surface area contributed by atoms with Gasteiger partial charge in [-0.15, -0.1) is 11.8 Å². The lowest BCUT2D eigenvalue weighted by Crippen LogP contribution is -2.35. The maximum atomic E-state index is 3.45. The predicted octanol–water partition coefficient (Wildman–Crippen LogP) is 2.39. The van der Waals surface area contributed by atoms with Gasteiger partial charge in [-0.2, -0.15) is 0 Å². The highest BCUT2D eigenvalue weighted by Crippen LogP contribution is 2.29.